The molecule has 0 aliphatic carbocycles. The van der Waals surface area contributed by atoms with Crippen molar-refractivity contribution >= 4 is 10.1 Å². The first-order chi connectivity index (χ1) is 16.9. The number of aryl methyl sites for hydroxylation is 2. The Bertz CT molecular complexity index is 687. The molecule has 0 aromatic heterocycles. The minimum atomic E-state index is -4.11. The van der Waals surface area contributed by atoms with Gasteiger partial charge < -0.3 is 0 Å². The second-order valence-electron chi connectivity index (χ2n) is 10.3. The number of unbranched alkanes of at least 4 members (excludes halogenated alkanes) is 18. The van der Waals surface area contributed by atoms with Gasteiger partial charge in [-0.2, -0.15) is 8.42 Å². The second-order valence-corrected chi connectivity index (χ2v) is 11.7. The van der Waals surface area contributed by atoms with Gasteiger partial charge in [-0.15, -0.1) is 0 Å². The fraction of sp³-hybridized carbons (Fsp3) is 0.806. The summed E-state index contributed by atoms with van der Waals surface area (Å²) in [7, 11) is -4.11. The first kappa shape index (κ1) is 34.1. The van der Waals surface area contributed by atoms with E-state index in [1.54, 1.807) is 6.07 Å². The lowest BCUT2D eigenvalue weighted by Gasteiger charge is -2.08. The molecule has 4 heteroatoms. The molecular weight excluding hydrogens is 452 g/mol. The van der Waals surface area contributed by atoms with Gasteiger partial charge in [0.2, 0.25) is 0 Å². The highest BCUT2D eigenvalue weighted by Gasteiger charge is 2.14. The third kappa shape index (κ3) is 21.0. The molecule has 0 fully saturated rings. The van der Waals surface area contributed by atoms with Crippen LogP contribution in [0.15, 0.2) is 23.1 Å². The fourth-order valence-electron chi connectivity index (χ4n) is 4.52. The van der Waals surface area contributed by atoms with Gasteiger partial charge in [0.1, 0.15) is 0 Å². The van der Waals surface area contributed by atoms with Gasteiger partial charge in [-0.25, -0.2) is 0 Å². The van der Waals surface area contributed by atoms with Crippen LogP contribution in [0.1, 0.15) is 160 Å². The Morgan fingerprint density at radius 1 is 0.571 bits per heavy atom. The smallest absolute Gasteiger partial charge is 0.282 e. The van der Waals surface area contributed by atoms with E-state index in [4.69, 9.17) is 0 Å². The zero-order valence-corrected chi connectivity index (χ0v) is 24.6. The summed E-state index contributed by atoms with van der Waals surface area (Å²) in [6.07, 6.45) is 27.7. The molecule has 35 heavy (non-hydrogen) atoms. The van der Waals surface area contributed by atoms with Crippen LogP contribution in [0.2, 0.25) is 0 Å². The van der Waals surface area contributed by atoms with Gasteiger partial charge in [-0.3, -0.25) is 4.55 Å². The van der Waals surface area contributed by atoms with E-state index in [0.29, 0.717) is 6.42 Å². The quantitative estimate of drug-likeness (QED) is 0.132. The summed E-state index contributed by atoms with van der Waals surface area (Å²) < 4.78 is 32.1. The molecule has 0 spiro atoms. The van der Waals surface area contributed by atoms with E-state index in [2.05, 4.69) is 20.8 Å². The highest BCUT2D eigenvalue weighted by Crippen LogP contribution is 2.20. The Morgan fingerprint density at radius 3 is 1.26 bits per heavy atom. The average Bonchev–Trinajstić information content (AvgIpc) is 2.82. The van der Waals surface area contributed by atoms with Crippen LogP contribution in [0.5, 0.6) is 0 Å². The summed E-state index contributed by atoms with van der Waals surface area (Å²) in [5.74, 6) is 0. The number of hydrogen-bond acceptors (Lipinski definition) is 2. The van der Waals surface area contributed by atoms with Gasteiger partial charge in [0, 0.05) is 0 Å². The molecule has 0 aliphatic rings. The molecule has 0 atom stereocenters. The van der Waals surface area contributed by atoms with Crippen molar-refractivity contribution in [3.8, 4) is 0 Å². The van der Waals surface area contributed by atoms with Gasteiger partial charge in [0.05, 0.1) is 4.90 Å². The number of benzene rings is 1. The Balaban J connectivity index is 0.000000814. The van der Waals surface area contributed by atoms with Crippen molar-refractivity contribution in [2.45, 2.75) is 167 Å². The lowest BCUT2D eigenvalue weighted by Crippen LogP contribution is -2.03. The van der Waals surface area contributed by atoms with E-state index >= 15 is 0 Å². The Hall–Kier alpha value is -0.870. The van der Waals surface area contributed by atoms with E-state index in [-0.39, 0.29) is 4.90 Å². The van der Waals surface area contributed by atoms with E-state index in [9.17, 15) is 13.0 Å². The molecular formula is C31H58O3S. The van der Waals surface area contributed by atoms with Crippen molar-refractivity contribution in [2.75, 3.05) is 0 Å². The van der Waals surface area contributed by atoms with Crippen molar-refractivity contribution < 1.29 is 13.0 Å². The van der Waals surface area contributed by atoms with Gasteiger partial charge in [-0.05, 0) is 31.4 Å². The monoisotopic (exact) mass is 510 g/mol. The zero-order chi connectivity index (χ0) is 26.2. The molecule has 1 rings (SSSR count). The maximum Gasteiger partial charge on any atom is 0.294 e. The highest BCUT2D eigenvalue weighted by atomic mass is 32.2. The van der Waals surface area contributed by atoms with Crippen molar-refractivity contribution in [3.05, 3.63) is 29.3 Å². The third-order valence-corrected chi connectivity index (χ3v) is 7.70. The lowest BCUT2D eigenvalue weighted by molar-refractivity contribution is 0.481. The maximum absolute atomic E-state index is 11.4. The molecule has 0 aliphatic heterocycles. The van der Waals surface area contributed by atoms with Gasteiger partial charge >= 0.3 is 0 Å². The number of hydrogen-bond donors (Lipinski definition) is 1. The second kappa shape index (κ2) is 23.5. The van der Waals surface area contributed by atoms with Gasteiger partial charge in [-0.1, -0.05) is 160 Å². The third-order valence-electron chi connectivity index (χ3n) is 6.75. The summed E-state index contributed by atoms with van der Waals surface area (Å²) >= 11 is 0. The van der Waals surface area contributed by atoms with Gasteiger partial charge in [0.25, 0.3) is 10.1 Å². The van der Waals surface area contributed by atoms with Crippen LogP contribution in [-0.2, 0) is 16.5 Å². The normalized spacial score (nSPS) is 11.3. The summed E-state index contributed by atoms with van der Waals surface area (Å²) in [4.78, 5) is 0.0685. The predicted molar refractivity (Wildman–Crippen MR) is 154 cm³/mol. The standard InChI is InChI=1S/C19H32O3S.C12H26/c1-3-4-5-6-7-8-9-10-11-12-13-18-16-17(2)14-15-19(18)23(20,21)22;1-3-5-7-9-11-12-10-8-6-4-2/h14-16H,3-13H2,1-2H3,(H,20,21,22);3-12H2,1-2H3. The molecule has 0 radical (unpaired) electrons. The SMILES string of the molecule is CCCCCCCCCCCC.CCCCCCCCCCCCc1cc(C)ccc1S(=O)(=O)O. The van der Waals surface area contributed by atoms with Crippen molar-refractivity contribution in [2.24, 2.45) is 0 Å². The molecule has 0 bridgehead atoms. The van der Waals surface area contributed by atoms with Crippen molar-refractivity contribution in [1.29, 1.82) is 0 Å². The molecule has 1 aromatic rings. The molecule has 3 nitrogen and oxygen atoms in total. The fourth-order valence-corrected chi connectivity index (χ4v) is 5.25. The predicted octanol–water partition coefficient (Wildman–Crippen LogP) is 10.6. The molecule has 0 unspecified atom stereocenters. The molecule has 0 saturated carbocycles. The Kier molecular flexibility index (Phi) is 22.9. The van der Waals surface area contributed by atoms with Crippen LogP contribution in [0.4, 0.5) is 0 Å². The average molecular weight is 511 g/mol. The molecule has 0 heterocycles. The first-order valence-corrected chi connectivity index (χ1v) is 16.4. The van der Waals surface area contributed by atoms with Crippen LogP contribution >= 0.6 is 0 Å². The molecule has 1 aromatic carbocycles. The van der Waals surface area contributed by atoms with E-state index in [1.165, 1.54) is 122 Å². The maximum atomic E-state index is 11.4. The molecule has 0 saturated heterocycles. The van der Waals surface area contributed by atoms with Gasteiger partial charge in [0.15, 0.2) is 0 Å². The summed E-state index contributed by atoms with van der Waals surface area (Å²) in [6.45, 7) is 8.74. The molecule has 1 N–H and O–H groups in total. The largest absolute Gasteiger partial charge is 0.294 e. The van der Waals surface area contributed by atoms with E-state index in [1.807, 2.05) is 13.0 Å². The first-order valence-electron chi connectivity index (χ1n) is 14.9. The molecule has 206 valence electrons. The van der Waals surface area contributed by atoms with Crippen LogP contribution < -0.4 is 0 Å². The summed E-state index contributed by atoms with van der Waals surface area (Å²) in [5.41, 5.74) is 1.77. The summed E-state index contributed by atoms with van der Waals surface area (Å²) in [6, 6.07) is 5.11. The van der Waals surface area contributed by atoms with Crippen LogP contribution in [0, 0.1) is 6.92 Å². The van der Waals surface area contributed by atoms with Crippen molar-refractivity contribution in [3.63, 3.8) is 0 Å². The van der Waals surface area contributed by atoms with Crippen LogP contribution in [0.3, 0.4) is 0 Å². The topological polar surface area (TPSA) is 54.4 Å². The molecule has 0 amide bonds. The Morgan fingerprint density at radius 2 is 0.914 bits per heavy atom. The zero-order valence-electron chi connectivity index (χ0n) is 23.8. The van der Waals surface area contributed by atoms with Crippen LogP contribution in [0.25, 0.3) is 0 Å². The van der Waals surface area contributed by atoms with Crippen molar-refractivity contribution in [1.82, 2.24) is 0 Å². The summed E-state index contributed by atoms with van der Waals surface area (Å²) in [5, 5.41) is 0. The highest BCUT2D eigenvalue weighted by molar-refractivity contribution is 7.85. The minimum Gasteiger partial charge on any atom is -0.282 e. The van der Waals surface area contributed by atoms with Crippen LogP contribution in [-0.4, -0.2) is 13.0 Å². The van der Waals surface area contributed by atoms with E-state index < -0.39 is 10.1 Å². The Labute approximate surface area is 219 Å². The number of rotatable bonds is 21. The van der Waals surface area contributed by atoms with E-state index in [0.717, 1.165) is 24.0 Å². The minimum absolute atomic E-state index is 0.0685. The lowest BCUT2D eigenvalue weighted by atomic mass is 10.0.